The van der Waals surface area contributed by atoms with E-state index < -0.39 is 11.0 Å². The van der Waals surface area contributed by atoms with Crippen LogP contribution in [0.4, 0.5) is 10.7 Å². The number of hydrogen-bond donors (Lipinski definition) is 1. The van der Waals surface area contributed by atoms with Gasteiger partial charge in [0, 0.05) is 24.5 Å². The van der Waals surface area contributed by atoms with Crippen LogP contribution in [0.3, 0.4) is 0 Å². The maximum Gasteiger partial charge on any atom is 0.304 e. The zero-order chi connectivity index (χ0) is 14.9. The number of anilines is 1. The SMILES string of the molecule is C[C@H](O)c1cc([N+](=O)[O-])c(N(C)Cc2csc(Br)c2)s1. The van der Waals surface area contributed by atoms with Crippen molar-refractivity contribution < 1.29 is 10.0 Å². The third kappa shape index (κ3) is 3.38. The van der Waals surface area contributed by atoms with E-state index >= 15 is 0 Å². The van der Waals surface area contributed by atoms with E-state index in [-0.39, 0.29) is 5.69 Å². The van der Waals surface area contributed by atoms with Gasteiger partial charge >= 0.3 is 5.69 Å². The first-order valence-electron chi connectivity index (χ1n) is 5.78. The smallest absolute Gasteiger partial charge is 0.304 e. The summed E-state index contributed by atoms with van der Waals surface area (Å²) in [4.78, 5) is 13.2. The van der Waals surface area contributed by atoms with Crippen LogP contribution in [-0.4, -0.2) is 17.1 Å². The summed E-state index contributed by atoms with van der Waals surface area (Å²) in [6.07, 6.45) is -0.698. The van der Waals surface area contributed by atoms with Gasteiger partial charge in [-0.2, -0.15) is 0 Å². The van der Waals surface area contributed by atoms with Crippen LogP contribution in [0.25, 0.3) is 0 Å². The van der Waals surface area contributed by atoms with E-state index in [4.69, 9.17) is 0 Å². The lowest BCUT2D eigenvalue weighted by molar-refractivity contribution is -0.383. The van der Waals surface area contributed by atoms with Crippen molar-refractivity contribution in [1.82, 2.24) is 0 Å². The number of nitro groups is 1. The second-order valence-corrected chi connectivity index (χ2v) is 7.74. The zero-order valence-electron chi connectivity index (χ0n) is 10.9. The molecule has 108 valence electrons. The number of aliphatic hydroxyl groups is 1. The van der Waals surface area contributed by atoms with Crippen molar-refractivity contribution >= 4 is 49.3 Å². The fraction of sp³-hybridized carbons (Fsp3) is 0.333. The molecule has 1 atom stereocenters. The van der Waals surface area contributed by atoms with Crippen molar-refractivity contribution in [3.8, 4) is 0 Å². The van der Waals surface area contributed by atoms with Crippen molar-refractivity contribution in [3.05, 3.63) is 41.9 Å². The molecular weight excluding hydrogens is 364 g/mol. The lowest BCUT2D eigenvalue weighted by Gasteiger charge is -2.15. The third-order valence-corrected chi connectivity index (χ3v) is 5.67. The Bertz CT molecular complexity index is 624. The minimum absolute atomic E-state index is 0.0442. The average Bonchev–Trinajstić information content (AvgIpc) is 2.95. The minimum atomic E-state index is -0.698. The molecule has 0 aromatic carbocycles. The Hall–Kier alpha value is -0.960. The molecule has 5 nitrogen and oxygen atoms in total. The summed E-state index contributed by atoms with van der Waals surface area (Å²) in [6.45, 7) is 2.19. The summed E-state index contributed by atoms with van der Waals surface area (Å²) in [5.41, 5.74) is 1.13. The largest absolute Gasteiger partial charge is 0.388 e. The highest BCUT2D eigenvalue weighted by Gasteiger charge is 2.23. The number of nitrogens with zero attached hydrogens (tertiary/aromatic N) is 2. The van der Waals surface area contributed by atoms with Crippen molar-refractivity contribution in [3.63, 3.8) is 0 Å². The van der Waals surface area contributed by atoms with Gasteiger partial charge in [0.1, 0.15) is 0 Å². The standard InChI is InChI=1S/C12H13BrN2O3S2/c1-7(16)10-4-9(15(17)18)12(20-10)14(2)5-8-3-11(13)19-6-8/h3-4,6-7,16H,5H2,1-2H3/t7-/m0/s1. The second kappa shape index (κ2) is 6.21. The van der Waals surface area contributed by atoms with Gasteiger partial charge in [0.25, 0.3) is 0 Å². The highest BCUT2D eigenvalue weighted by atomic mass is 79.9. The summed E-state index contributed by atoms with van der Waals surface area (Å²) in [7, 11) is 1.82. The maximum absolute atomic E-state index is 11.1. The first-order chi connectivity index (χ1) is 9.38. The van der Waals surface area contributed by atoms with Crippen LogP contribution in [0, 0.1) is 10.1 Å². The molecule has 0 amide bonds. The van der Waals surface area contributed by atoms with Crippen molar-refractivity contribution in [2.45, 2.75) is 19.6 Å². The molecule has 0 aliphatic rings. The summed E-state index contributed by atoms with van der Waals surface area (Å²) in [5, 5.41) is 23.3. The Morgan fingerprint density at radius 3 is 2.75 bits per heavy atom. The number of halogens is 1. The molecular formula is C12H13BrN2O3S2. The summed E-state index contributed by atoms with van der Waals surface area (Å²) >= 11 is 6.24. The van der Waals surface area contributed by atoms with Gasteiger partial charge in [0.2, 0.25) is 0 Å². The Morgan fingerprint density at radius 2 is 2.25 bits per heavy atom. The van der Waals surface area contributed by atoms with Crippen molar-refractivity contribution in [2.24, 2.45) is 0 Å². The molecule has 0 aliphatic carbocycles. The second-order valence-electron chi connectivity index (χ2n) is 4.39. The molecule has 8 heteroatoms. The van der Waals surface area contributed by atoms with Gasteiger partial charge in [-0.3, -0.25) is 10.1 Å². The van der Waals surface area contributed by atoms with Gasteiger partial charge in [-0.1, -0.05) is 0 Å². The predicted molar refractivity (Wildman–Crippen MR) is 85.7 cm³/mol. The van der Waals surface area contributed by atoms with Gasteiger partial charge in [-0.15, -0.1) is 22.7 Å². The fourth-order valence-electron chi connectivity index (χ4n) is 1.77. The van der Waals surface area contributed by atoms with E-state index in [0.29, 0.717) is 16.4 Å². The predicted octanol–water partition coefficient (Wildman–Crippen LogP) is 4.17. The Morgan fingerprint density at radius 1 is 1.55 bits per heavy atom. The first kappa shape index (κ1) is 15.4. The van der Waals surface area contributed by atoms with E-state index in [9.17, 15) is 15.2 Å². The molecule has 2 aromatic heterocycles. The molecule has 0 fully saturated rings. The molecule has 0 unspecified atom stereocenters. The van der Waals surface area contributed by atoms with Crippen LogP contribution in [0.1, 0.15) is 23.5 Å². The fourth-order valence-corrected chi connectivity index (χ4v) is 4.00. The quantitative estimate of drug-likeness (QED) is 0.627. The first-order valence-corrected chi connectivity index (χ1v) is 8.27. The lowest BCUT2D eigenvalue weighted by Crippen LogP contribution is -2.15. The van der Waals surface area contributed by atoms with Gasteiger partial charge < -0.3 is 10.0 Å². The van der Waals surface area contributed by atoms with E-state index in [1.807, 2.05) is 23.4 Å². The zero-order valence-corrected chi connectivity index (χ0v) is 14.1. The van der Waals surface area contributed by atoms with E-state index in [1.165, 1.54) is 17.4 Å². The highest BCUT2D eigenvalue weighted by Crippen LogP contribution is 2.40. The molecule has 2 heterocycles. The van der Waals surface area contributed by atoms with Crippen molar-refractivity contribution in [2.75, 3.05) is 11.9 Å². The minimum Gasteiger partial charge on any atom is -0.388 e. The maximum atomic E-state index is 11.1. The molecule has 0 spiro atoms. The molecule has 2 aromatic rings. The van der Waals surface area contributed by atoms with Gasteiger partial charge in [-0.05, 0) is 39.9 Å². The Balaban J connectivity index is 2.28. The normalized spacial score (nSPS) is 12.4. The number of aliphatic hydroxyl groups excluding tert-OH is 1. The average molecular weight is 377 g/mol. The van der Waals surface area contributed by atoms with Crippen LogP contribution < -0.4 is 4.90 Å². The molecule has 0 radical (unpaired) electrons. The topological polar surface area (TPSA) is 66.6 Å². The summed E-state index contributed by atoms with van der Waals surface area (Å²) in [5.74, 6) is 0. The molecule has 0 bridgehead atoms. The molecule has 20 heavy (non-hydrogen) atoms. The van der Waals surface area contributed by atoms with Crippen LogP contribution in [0.2, 0.25) is 0 Å². The van der Waals surface area contributed by atoms with E-state index in [1.54, 1.807) is 18.3 Å². The molecule has 0 aliphatic heterocycles. The van der Waals surface area contributed by atoms with Gasteiger partial charge in [0.15, 0.2) is 5.00 Å². The summed E-state index contributed by atoms with van der Waals surface area (Å²) < 4.78 is 1.03. The van der Waals surface area contributed by atoms with Crippen molar-refractivity contribution in [1.29, 1.82) is 0 Å². The Kier molecular flexibility index (Phi) is 4.79. The van der Waals surface area contributed by atoms with Gasteiger partial charge in [-0.25, -0.2) is 0 Å². The van der Waals surface area contributed by atoms with Crippen LogP contribution in [-0.2, 0) is 6.54 Å². The highest BCUT2D eigenvalue weighted by molar-refractivity contribution is 9.11. The molecule has 2 rings (SSSR count). The third-order valence-electron chi connectivity index (χ3n) is 2.71. The molecule has 0 saturated heterocycles. The van der Waals surface area contributed by atoms with Crippen LogP contribution in [0.15, 0.2) is 21.3 Å². The molecule has 0 saturated carbocycles. The lowest BCUT2D eigenvalue weighted by atomic mass is 10.3. The van der Waals surface area contributed by atoms with E-state index in [2.05, 4.69) is 15.9 Å². The van der Waals surface area contributed by atoms with Gasteiger partial charge in [0.05, 0.1) is 14.8 Å². The monoisotopic (exact) mass is 376 g/mol. The van der Waals surface area contributed by atoms with Crippen LogP contribution >= 0.6 is 38.6 Å². The number of rotatable bonds is 5. The Labute approximate surface area is 132 Å². The van der Waals surface area contributed by atoms with Crippen LogP contribution in [0.5, 0.6) is 0 Å². The number of thiophene rings is 2. The molecule has 1 N–H and O–H groups in total. The summed E-state index contributed by atoms with van der Waals surface area (Å²) in [6, 6.07) is 3.45. The van der Waals surface area contributed by atoms with E-state index in [0.717, 1.165) is 9.35 Å². The number of hydrogen-bond acceptors (Lipinski definition) is 6.